The van der Waals surface area contributed by atoms with Gasteiger partial charge in [-0.3, -0.25) is 0 Å². The SMILES string of the molecule is C=CC(=O)OCCCCOc1cccc(B(O)O)c1. The van der Waals surface area contributed by atoms with Gasteiger partial charge in [-0.05, 0) is 30.4 Å². The Morgan fingerprint density at radius 2 is 2.05 bits per heavy atom. The number of hydrogen-bond acceptors (Lipinski definition) is 5. The maximum atomic E-state index is 10.7. The van der Waals surface area contributed by atoms with E-state index in [0.29, 0.717) is 30.8 Å². The lowest BCUT2D eigenvalue weighted by molar-refractivity contribution is -0.137. The molecule has 19 heavy (non-hydrogen) atoms. The molecule has 0 atom stereocenters. The molecule has 0 amide bonds. The number of benzene rings is 1. The smallest absolute Gasteiger partial charge is 0.488 e. The minimum absolute atomic E-state index is 0.337. The van der Waals surface area contributed by atoms with Gasteiger partial charge in [-0.15, -0.1) is 0 Å². The second-order valence-corrected chi connectivity index (χ2v) is 3.87. The molecule has 2 N–H and O–H groups in total. The monoisotopic (exact) mass is 264 g/mol. The summed E-state index contributed by atoms with van der Waals surface area (Å²) in [6, 6.07) is 6.61. The molecule has 1 aromatic carbocycles. The highest BCUT2D eigenvalue weighted by Crippen LogP contribution is 2.08. The number of hydrogen-bond donors (Lipinski definition) is 2. The average molecular weight is 264 g/mol. The van der Waals surface area contributed by atoms with Gasteiger partial charge in [0, 0.05) is 6.08 Å². The maximum Gasteiger partial charge on any atom is 0.488 e. The van der Waals surface area contributed by atoms with Crippen molar-refractivity contribution in [3.8, 4) is 5.75 Å². The summed E-state index contributed by atoms with van der Waals surface area (Å²) in [4.78, 5) is 10.7. The lowest BCUT2D eigenvalue weighted by Gasteiger charge is -2.07. The molecule has 0 aliphatic heterocycles. The summed E-state index contributed by atoms with van der Waals surface area (Å²) in [5, 5.41) is 18.0. The quantitative estimate of drug-likeness (QED) is 0.305. The summed E-state index contributed by atoms with van der Waals surface area (Å²) in [5.74, 6) is 0.152. The Kier molecular flexibility index (Phi) is 6.70. The van der Waals surface area contributed by atoms with Gasteiger partial charge in [-0.25, -0.2) is 4.79 Å². The van der Waals surface area contributed by atoms with Crippen molar-refractivity contribution in [3.63, 3.8) is 0 Å². The first-order valence-corrected chi connectivity index (χ1v) is 6.01. The summed E-state index contributed by atoms with van der Waals surface area (Å²) in [7, 11) is -1.50. The van der Waals surface area contributed by atoms with E-state index in [9.17, 15) is 4.79 Å². The topological polar surface area (TPSA) is 76.0 Å². The van der Waals surface area contributed by atoms with Gasteiger partial charge >= 0.3 is 13.1 Å². The number of carbonyl (C=O) groups excluding carboxylic acids is 1. The van der Waals surface area contributed by atoms with Crippen molar-refractivity contribution in [1.82, 2.24) is 0 Å². The number of esters is 1. The predicted molar refractivity (Wildman–Crippen MR) is 72.2 cm³/mol. The van der Waals surface area contributed by atoms with Crippen LogP contribution in [0.1, 0.15) is 12.8 Å². The van der Waals surface area contributed by atoms with Crippen LogP contribution >= 0.6 is 0 Å². The summed E-state index contributed by atoms with van der Waals surface area (Å²) in [5.41, 5.74) is 0.386. The Bertz CT molecular complexity index is 419. The normalized spacial score (nSPS) is 9.79. The number of rotatable bonds is 8. The molecule has 1 rings (SSSR count). The van der Waals surface area contributed by atoms with Crippen molar-refractivity contribution in [2.24, 2.45) is 0 Å². The zero-order valence-corrected chi connectivity index (χ0v) is 10.6. The van der Waals surface area contributed by atoms with Gasteiger partial charge in [0.05, 0.1) is 13.2 Å². The maximum absolute atomic E-state index is 10.7. The van der Waals surface area contributed by atoms with E-state index in [0.717, 1.165) is 12.5 Å². The molecule has 0 saturated carbocycles. The molecule has 0 radical (unpaired) electrons. The van der Waals surface area contributed by atoms with E-state index in [1.54, 1.807) is 24.3 Å². The van der Waals surface area contributed by atoms with Crippen LogP contribution in [0.5, 0.6) is 5.75 Å². The molecule has 6 heteroatoms. The third-order valence-corrected chi connectivity index (χ3v) is 2.37. The summed E-state index contributed by atoms with van der Waals surface area (Å²) >= 11 is 0. The van der Waals surface area contributed by atoms with Gasteiger partial charge in [0.25, 0.3) is 0 Å². The Labute approximate surface area is 112 Å². The predicted octanol–water partition coefficient (Wildman–Crippen LogP) is 0.255. The van der Waals surface area contributed by atoms with E-state index in [1.807, 2.05) is 0 Å². The average Bonchev–Trinajstić information content (AvgIpc) is 2.42. The molecule has 0 aromatic heterocycles. The first kappa shape index (κ1) is 15.3. The molecule has 0 fully saturated rings. The highest BCUT2D eigenvalue weighted by atomic mass is 16.5. The van der Waals surface area contributed by atoms with Crippen molar-refractivity contribution in [3.05, 3.63) is 36.9 Å². The Morgan fingerprint density at radius 3 is 2.74 bits per heavy atom. The van der Waals surface area contributed by atoms with Gasteiger partial charge in [-0.1, -0.05) is 18.7 Å². The minimum atomic E-state index is -1.50. The standard InChI is InChI=1S/C13H17BO5/c1-2-13(15)19-9-4-3-8-18-12-7-5-6-11(10-12)14(16)17/h2,5-7,10,16-17H,1,3-4,8-9H2. The van der Waals surface area contributed by atoms with Crippen molar-refractivity contribution in [2.75, 3.05) is 13.2 Å². The van der Waals surface area contributed by atoms with Crippen molar-refractivity contribution in [1.29, 1.82) is 0 Å². The molecular weight excluding hydrogens is 247 g/mol. The molecule has 0 unspecified atom stereocenters. The molecule has 0 saturated heterocycles. The second kappa shape index (κ2) is 8.34. The van der Waals surface area contributed by atoms with Gasteiger partial charge in [-0.2, -0.15) is 0 Å². The lowest BCUT2D eigenvalue weighted by Crippen LogP contribution is -2.29. The zero-order valence-electron chi connectivity index (χ0n) is 10.6. The van der Waals surface area contributed by atoms with E-state index >= 15 is 0 Å². The molecule has 5 nitrogen and oxygen atoms in total. The Hall–Kier alpha value is -1.79. The van der Waals surface area contributed by atoms with Crippen LogP contribution < -0.4 is 10.2 Å². The molecule has 0 aliphatic carbocycles. The van der Waals surface area contributed by atoms with Crippen LogP contribution in [0.3, 0.4) is 0 Å². The van der Waals surface area contributed by atoms with Gasteiger partial charge in [0.1, 0.15) is 5.75 Å². The van der Waals surface area contributed by atoms with Crippen LogP contribution in [0.15, 0.2) is 36.9 Å². The van der Waals surface area contributed by atoms with Crippen LogP contribution in [0.25, 0.3) is 0 Å². The first-order valence-electron chi connectivity index (χ1n) is 6.01. The molecule has 0 aliphatic rings. The summed E-state index contributed by atoms with van der Waals surface area (Å²) in [6.07, 6.45) is 2.56. The largest absolute Gasteiger partial charge is 0.494 e. The first-order chi connectivity index (χ1) is 9.13. The Morgan fingerprint density at radius 1 is 1.32 bits per heavy atom. The van der Waals surface area contributed by atoms with E-state index in [1.165, 1.54) is 0 Å². The fourth-order valence-corrected chi connectivity index (χ4v) is 1.39. The van der Waals surface area contributed by atoms with E-state index in [4.69, 9.17) is 19.5 Å². The van der Waals surface area contributed by atoms with E-state index < -0.39 is 13.1 Å². The fourth-order valence-electron chi connectivity index (χ4n) is 1.39. The molecule has 0 spiro atoms. The summed E-state index contributed by atoms with van der Waals surface area (Å²) in [6.45, 7) is 4.10. The lowest BCUT2D eigenvalue weighted by atomic mass is 9.80. The van der Waals surface area contributed by atoms with Crippen molar-refractivity contribution >= 4 is 18.6 Å². The van der Waals surface area contributed by atoms with Gasteiger partial charge in [0.15, 0.2) is 0 Å². The van der Waals surface area contributed by atoms with Crippen molar-refractivity contribution in [2.45, 2.75) is 12.8 Å². The van der Waals surface area contributed by atoms with Gasteiger partial charge in [0.2, 0.25) is 0 Å². The van der Waals surface area contributed by atoms with Gasteiger partial charge < -0.3 is 19.5 Å². The molecular formula is C13H17BO5. The molecule has 0 heterocycles. The Balaban J connectivity index is 2.20. The summed E-state index contributed by atoms with van der Waals surface area (Å²) < 4.78 is 10.3. The van der Waals surface area contributed by atoms with E-state index in [2.05, 4.69) is 6.58 Å². The van der Waals surface area contributed by atoms with Crippen LogP contribution in [0, 0.1) is 0 Å². The van der Waals surface area contributed by atoms with Crippen LogP contribution in [-0.2, 0) is 9.53 Å². The zero-order chi connectivity index (χ0) is 14.1. The van der Waals surface area contributed by atoms with E-state index in [-0.39, 0.29) is 0 Å². The highest BCUT2D eigenvalue weighted by Gasteiger charge is 2.10. The third-order valence-electron chi connectivity index (χ3n) is 2.37. The molecule has 102 valence electrons. The number of unbranched alkanes of at least 4 members (excludes halogenated alkanes) is 1. The van der Waals surface area contributed by atoms with Crippen LogP contribution in [0.4, 0.5) is 0 Å². The highest BCUT2D eigenvalue weighted by molar-refractivity contribution is 6.58. The molecule has 1 aromatic rings. The molecule has 0 bridgehead atoms. The number of ether oxygens (including phenoxy) is 2. The van der Waals surface area contributed by atoms with Crippen LogP contribution in [-0.4, -0.2) is 36.3 Å². The minimum Gasteiger partial charge on any atom is -0.494 e. The van der Waals surface area contributed by atoms with Crippen molar-refractivity contribution < 1.29 is 24.3 Å². The third kappa shape index (κ3) is 6.08. The van der Waals surface area contributed by atoms with Crippen LogP contribution in [0.2, 0.25) is 0 Å². The fraction of sp³-hybridized carbons (Fsp3) is 0.308. The number of carbonyl (C=O) groups is 1. The second-order valence-electron chi connectivity index (χ2n) is 3.87.